The Bertz CT molecular complexity index is 646. The maximum Gasteiger partial charge on any atom is 0.303 e. The predicted molar refractivity (Wildman–Crippen MR) is 99.3 cm³/mol. The third-order valence-electron chi connectivity index (χ3n) is 3.91. The van der Waals surface area contributed by atoms with E-state index < -0.39 is 5.97 Å². The highest BCUT2D eigenvalue weighted by Crippen LogP contribution is 2.16. The maximum atomic E-state index is 10.7. The van der Waals surface area contributed by atoms with Crippen LogP contribution >= 0.6 is 0 Å². The summed E-state index contributed by atoms with van der Waals surface area (Å²) < 4.78 is 5.87. The lowest BCUT2D eigenvalue weighted by atomic mass is 10.1. The second-order valence-corrected chi connectivity index (χ2v) is 5.92. The van der Waals surface area contributed by atoms with Gasteiger partial charge >= 0.3 is 5.97 Å². The first-order chi connectivity index (χ1) is 12.2. The Kier molecular flexibility index (Phi) is 7.76. The number of pyridine rings is 1. The monoisotopic (exact) mass is 342 g/mol. The number of anilines is 1. The number of ether oxygens (including phenoxy) is 1. The van der Waals surface area contributed by atoms with E-state index in [2.05, 4.69) is 16.8 Å². The summed E-state index contributed by atoms with van der Waals surface area (Å²) in [4.78, 5) is 17.3. The minimum absolute atomic E-state index is 0.133. The Morgan fingerprint density at radius 2 is 2.08 bits per heavy atom. The smallest absolute Gasteiger partial charge is 0.303 e. The number of hydrogen-bond acceptors (Lipinski definition) is 4. The number of carboxylic acid groups (broad SMARTS) is 1. The molecule has 5 nitrogen and oxygen atoms in total. The van der Waals surface area contributed by atoms with Crippen molar-refractivity contribution >= 4 is 11.8 Å². The average Bonchev–Trinajstić information content (AvgIpc) is 2.64. The molecule has 0 saturated carbocycles. The van der Waals surface area contributed by atoms with Crippen molar-refractivity contribution in [2.45, 2.75) is 32.6 Å². The summed E-state index contributed by atoms with van der Waals surface area (Å²) in [5.74, 6) is 0.961. The minimum atomic E-state index is -0.784. The van der Waals surface area contributed by atoms with Crippen LogP contribution in [0.1, 0.15) is 31.7 Å². The fourth-order valence-corrected chi connectivity index (χ4v) is 2.55. The molecule has 0 amide bonds. The quantitative estimate of drug-likeness (QED) is 0.673. The van der Waals surface area contributed by atoms with E-state index in [1.807, 2.05) is 42.5 Å². The highest BCUT2D eigenvalue weighted by atomic mass is 16.5. The number of aryl methyl sites for hydroxylation is 1. The molecule has 0 radical (unpaired) electrons. The van der Waals surface area contributed by atoms with E-state index in [1.165, 1.54) is 0 Å². The molecule has 134 valence electrons. The van der Waals surface area contributed by atoms with Crippen LogP contribution in [0.3, 0.4) is 0 Å². The molecule has 25 heavy (non-hydrogen) atoms. The van der Waals surface area contributed by atoms with Gasteiger partial charge in [0.15, 0.2) is 0 Å². The lowest BCUT2D eigenvalue weighted by Crippen LogP contribution is -2.30. The van der Waals surface area contributed by atoms with Crippen molar-refractivity contribution in [3.05, 3.63) is 54.2 Å². The van der Waals surface area contributed by atoms with Crippen molar-refractivity contribution in [3.63, 3.8) is 0 Å². The summed E-state index contributed by atoms with van der Waals surface area (Å²) in [6.45, 7) is 4.45. The van der Waals surface area contributed by atoms with E-state index >= 15 is 0 Å². The highest BCUT2D eigenvalue weighted by Gasteiger charge is 2.07. The number of carbonyl (C=O) groups is 1. The van der Waals surface area contributed by atoms with Crippen LogP contribution in [0.15, 0.2) is 48.7 Å². The third-order valence-corrected chi connectivity index (χ3v) is 3.91. The largest absolute Gasteiger partial charge is 0.492 e. The summed E-state index contributed by atoms with van der Waals surface area (Å²) in [5, 5.41) is 8.78. The molecule has 0 aliphatic heterocycles. The molecule has 0 unspecified atom stereocenters. The van der Waals surface area contributed by atoms with Crippen molar-refractivity contribution in [1.29, 1.82) is 0 Å². The summed E-state index contributed by atoms with van der Waals surface area (Å²) in [6.07, 6.45) is 4.70. The Hall–Kier alpha value is -2.56. The molecule has 0 atom stereocenters. The van der Waals surface area contributed by atoms with Crippen molar-refractivity contribution < 1.29 is 14.6 Å². The maximum absolute atomic E-state index is 10.7. The second kappa shape index (κ2) is 10.3. The standard InChI is InChI=1S/C20H26N2O3/c1-2-3-13-22(19-9-4-5-12-21-19)14-15-25-18-8-6-7-17(16-18)10-11-20(23)24/h4-9,12,16H,2-3,10-11,13-15H2,1H3,(H,23,24). The van der Waals surface area contributed by atoms with Gasteiger partial charge in [-0.3, -0.25) is 4.79 Å². The topological polar surface area (TPSA) is 62.7 Å². The average molecular weight is 342 g/mol. The first kappa shape index (κ1) is 18.8. The molecule has 1 N–H and O–H groups in total. The van der Waals surface area contributed by atoms with Crippen LogP contribution in [0.2, 0.25) is 0 Å². The van der Waals surface area contributed by atoms with Crippen LogP contribution in [0, 0.1) is 0 Å². The molecular formula is C20H26N2O3. The van der Waals surface area contributed by atoms with Gasteiger partial charge in [-0.1, -0.05) is 31.5 Å². The molecule has 0 saturated heterocycles. The fraction of sp³-hybridized carbons (Fsp3) is 0.400. The summed E-state index contributed by atoms with van der Waals surface area (Å²) >= 11 is 0. The van der Waals surface area contributed by atoms with E-state index in [4.69, 9.17) is 9.84 Å². The zero-order valence-electron chi connectivity index (χ0n) is 14.7. The fourth-order valence-electron chi connectivity index (χ4n) is 2.55. The molecule has 1 aromatic heterocycles. The lowest BCUT2D eigenvalue weighted by Gasteiger charge is -2.23. The number of rotatable bonds is 11. The van der Waals surface area contributed by atoms with Crippen LogP contribution in [-0.2, 0) is 11.2 Å². The molecule has 2 aromatic rings. The van der Waals surface area contributed by atoms with Gasteiger partial charge in [0.05, 0.1) is 6.54 Å². The van der Waals surface area contributed by atoms with Gasteiger partial charge < -0.3 is 14.7 Å². The van der Waals surface area contributed by atoms with E-state index in [0.29, 0.717) is 13.0 Å². The van der Waals surface area contributed by atoms with Crippen LogP contribution in [0.4, 0.5) is 5.82 Å². The van der Waals surface area contributed by atoms with Gasteiger partial charge in [-0.15, -0.1) is 0 Å². The molecule has 0 spiro atoms. The summed E-state index contributed by atoms with van der Waals surface area (Å²) in [7, 11) is 0. The molecular weight excluding hydrogens is 316 g/mol. The normalized spacial score (nSPS) is 10.4. The number of nitrogens with zero attached hydrogens (tertiary/aromatic N) is 2. The highest BCUT2D eigenvalue weighted by molar-refractivity contribution is 5.67. The number of benzene rings is 1. The van der Waals surface area contributed by atoms with E-state index in [-0.39, 0.29) is 6.42 Å². The van der Waals surface area contributed by atoms with Crippen LogP contribution < -0.4 is 9.64 Å². The van der Waals surface area contributed by atoms with Crippen molar-refractivity contribution in [2.75, 3.05) is 24.6 Å². The molecule has 0 bridgehead atoms. The van der Waals surface area contributed by atoms with Crippen LogP contribution in [-0.4, -0.2) is 35.8 Å². The molecule has 1 heterocycles. The first-order valence-electron chi connectivity index (χ1n) is 8.78. The predicted octanol–water partition coefficient (Wildman–Crippen LogP) is 3.78. The van der Waals surface area contributed by atoms with Gasteiger partial charge in [0, 0.05) is 19.2 Å². The number of carboxylic acids is 1. The molecule has 2 rings (SSSR count). The van der Waals surface area contributed by atoms with Gasteiger partial charge in [-0.2, -0.15) is 0 Å². The van der Waals surface area contributed by atoms with E-state index in [1.54, 1.807) is 6.20 Å². The van der Waals surface area contributed by atoms with Crippen molar-refractivity contribution in [2.24, 2.45) is 0 Å². The van der Waals surface area contributed by atoms with Gasteiger partial charge in [0.1, 0.15) is 18.2 Å². The van der Waals surface area contributed by atoms with Crippen LogP contribution in [0.25, 0.3) is 0 Å². The van der Waals surface area contributed by atoms with Gasteiger partial charge in [-0.05, 0) is 42.7 Å². The zero-order chi connectivity index (χ0) is 17.9. The molecule has 1 aromatic carbocycles. The molecule has 0 fully saturated rings. The number of unbranched alkanes of at least 4 members (excludes halogenated alkanes) is 1. The summed E-state index contributed by atoms with van der Waals surface area (Å²) in [5.41, 5.74) is 0.979. The SMILES string of the molecule is CCCCN(CCOc1cccc(CCC(=O)O)c1)c1ccccn1. The summed E-state index contributed by atoms with van der Waals surface area (Å²) in [6, 6.07) is 13.6. The Morgan fingerprint density at radius 1 is 1.20 bits per heavy atom. The third kappa shape index (κ3) is 6.83. The van der Waals surface area contributed by atoms with Gasteiger partial charge in [0.25, 0.3) is 0 Å². The molecule has 5 heteroatoms. The lowest BCUT2D eigenvalue weighted by molar-refractivity contribution is -0.136. The first-order valence-corrected chi connectivity index (χ1v) is 8.78. The zero-order valence-corrected chi connectivity index (χ0v) is 14.7. The van der Waals surface area contributed by atoms with E-state index in [9.17, 15) is 4.79 Å². The Labute approximate surface area is 149 Å². The number of aromatic nitrogens is 1. The Morgan fingerprint density at radius 3 is 2.80 bits per heavy atom. The molecule has 0 aliphatic carbocycles. The van der Waals surface area contributed by atoms with Crippen molar-refractivity contribution in [3.8, 4) is 5.75 Å². The van der Waals surface area contributed by atoms with E-state index in [0.717, 1.165) is 43.1 Å². The van der Waals surface area contributed by atoms with Gasteiger partial charge in [-0.25, -0.2) is 4.98 Å². The molecule has 0 aliphatic rings. The number of hydrogen-bond donors (Lipinski definition) is 1. The Balaban J connectivity index is 1.88. The minimum Gasteiger partial charge on any atom is -0.492 e. The number of aliphatic carboxylic acids is 1. The second-order valence-electron chi connectivity index (χ2n) is 5.92. The van der Waals surface area contributed by atoms with Gasteiger partial charge in [0.2, 0.25) is 0 Å². The van der Waals surface area contributed by atoms with Crippen LogP contribution in [0.5, 0.6) is 5.75 Å². The van der Waals surface area contributed by atoms with Crippen molar-refractivity contribution in [1.82, 2.24) is 4.98 Å².